The number of ether oxygens (including phenoxy) is 1. The molecule has 0 amide bonds. The molecular formula is C23H28N4O4S. The normalized spacial score (nSPS) is 17.7. The van der Waals surface area contributed by atoms with Crippen LogP contribution in [0.5, 0.6) is 5.75 Å². The zero-order valence-electron chi connectivity index (χ0n) is 18.2. The highest BCUT2D eigenvalue weighted by Gasteiger charge is 2.31. The summed E-state index contributed by atoms with van der Waals surface area (Å²) in [4.78, 5) is 9.12. The maximum Gasteiger partial charge on any atom is 0.329 e. The Morgan fingerprint density at radius 3 is 2.72 bits per heavy atom. The third kappa shape index (κ3) is 4.88. The standard InChI is InChI=1S/C23H28N4O4S/c1-2-31-25-23-9-6-19-18-21(7-8-22(19)23)30-17-5-3-4-14-26-15-16-27(32(26,28)29)20-10-12-24-13-11-20/h7-8,10-13,15-16,18H,2-6,9,14,17H2,1H3/b25-23+. The quantitative estimate of drug-likeness (QED) is 0.400. The molecule has 4 rings (SSSR count). The lowest BCUT2D eigenvalue weighted by molar-refractivity contribution is 0.158. The van der Waals surface area contributed by atoms with Crippen LogP contribution in [0.1, 0.15) is 43.7 Å². The molecule has 0 radical (unpaired) electrons. The minimum Gasteiger partial charge on any atom is -0.494 e. The van der Waals surface area contributed by atoms with Crippen LogP contribution in [-0.4, -0.2) is 43.2 Å². The van der Waals surface area contributed by atoms with Gasteiger partial charge in [0.1, 0.15) is 12.4 Å². The van der Waals surface area contributed by atoms with Crippen molar-refractivity contribution in [1.29, 1.82) is 0 Å². The van der Waals surface area contributed by atoms with Crippen LogP contribution in [0.2, 0.25) is 0 Å². The fourth-order valence-electron chi connectivity index (χ4n) is 3.81. The SMILES string of the molecule is CCO/N=C1\CCc2cc(OCCCCCN3C=CN(c4ccncc4)S3(=O)=O)ccc21. The van der Waals surface area contributed by atoms with Gasteiger partial charge in [0, 0.05) is 36.9 Å². The molecule has 0 saturated carbocycles. The van der Waals surface area contributed by atoms with Crippen molar-refractivity contribution in [3.05, 3.63) is 66.3 Å². The van der Waals surface area contributed by atoms with Gasteiger partial charge in [-0.3, -0.25) is 9.29 Å². The summed E-state index contributed by atoms with van der Waals surface area (Å²) in [5.74, 6) is 0.861. The predicted molar refractivity (Wildman–Crippen MR) is 124 cm³/mol. The fourth-order valence-corrected chi connectivity index (χ4v) is 5.20. The highest BCUT2D eigenvalue weighted by Crippen LogP contribution is 2.28. The Balaban J connectivity index is 1.19. The number of hydrogen-bond acceptors (Lipinski definition) is 6. The maximum absolute atomic E-state index is 12.7. The summed E-state index contributed by atoms with van der Waals surface area (Å²) in [6.07, 6.45) is 10.7. The van der Waals surface area contributed by atoms with E-state index in [1.807, 2.05) is 13.0 Å². The van der Waals surface area contributed by atoms with Gasteiger partial charge in [0.2, 0.25) is 0 Å². The summed E-state index contributed by atoms with van der Waals surface area (Å²) < 4.78 is 34.0. The zero-order chi connectivity index (χ0) is 22.4. The van der Waals surface area contributed by atoms with Gasteiger partial charge in [-0.1, -0.05) is 5.16 Å². The van der Waals surface area contributed by atoms with Crippen LogP contribution in [0.15, 0.2) is 60.3 Å². The lowest BCUT2D eigenvalue weighted by Crippen LogP contribution is -2.33. The molecule has 0 N–H and O–H groups in total. The van der Waals surface area contributed by atoms with Gasteiger partial charge in [0.15, 0.2) is 0 Å². The van der Waals surface area contributed by atoms with Crippen LogP contribution in [0.3, 0.4) is 0 Å². The van der Waals surface area contributed by atoms with E-state index in [0.29, 0.717) is 25.4 Å². The largest absolute Gasteiger partial charge is 0.494 e. The zero-order valence-corrected chi connectivity index (χ0v) is 19.0. The Kier molecular flexibility index (Phi) is 6.94. The molecule has 0 spiro atoms. The number of unbranched alkanes of at least 4 members (excludes halogenated alkanes) is 2. The van der Waals surface area contributed by atoms with Crippen molar-refractivity contribution in [2.24, 2.45) is 5.16 Å². The smallest absolute Gasteiger partial charge is 0.329 e. The molecule has 170 valence electrons. The summed E-state index contributed by atoms with van der Waals surface area (Å²) in [5.41, 5.74) is 3.97. The number of benzene rings is 1. The van der Waals surface area contributed by atoms with Gasteiger partial charge in [0.05, 0.1) is 18.0 Å². The molecule has 0 fully saturated rings. The Morgan fingerprint density at radius 1 is 1.06 bits per heavy atom. The molecule has 32 heavy (non-hydrogen) atoms. The van der Waals surface area contributed by atoms with Crippen LogP contribution >= 0.6 is 0 Å². The van der Waals surface area contributed by atoms with Crippen molar-refractivity contribution in [1.82, 2.24) is 9.29 Å². The Labute approximate surface area is 189 Å². The molecule has 1 aliphatic heterocycles. The van der Waals surface area contributed by atoms with E-state index in [-0.39, 0.29) is 0 Å². The Hall–Kier alpha value is -3.07. The number of fused-ring (bicyclic) bond motifs is 1. The molecule has 0 saturated heterocycles. The van der Waals surface area contributed by atoms with E-state index < -0.39 is 10.2 Å². The minimum atomic E-state index is -3.56. The monoisotopic (exact) mass is 456 g/mol. The molecule has 0 unspecified atom stereocenters. The second kappa shape index (κ2) is 10.0. The van der Waals surface area contributed by atoms with E-state index in [9.17, 15) is 8.42 Å². The van der Waals surface area contributed by atoms with Crippen molar-refractivity contribution in [3.63, 3.8) is 0 Å². The number of nitrogens with zero attached hydrogens (tertiary/aromatic N) is 4. The molecule has 9 heteroatoms. The molecule has 1 aromatic heterocycles. The van der Waals surface area contributed by atoms with Crippen LogP contribution in [-0.2, 0) is 21.5 Å². The second-order valence-corrected chi connectivity index (χ2v) is 9.36. The summed E-state index contributed by atoms with van der Waals surface area (Å²) in [6, 6.07) is 9.46. The number of hydrogen-bond donors (Lipinski definition) is 0. The molecule has 2 aliphatic rings. The third-order valence-corrected chi connectivity index (χ3v) is 7.17. The van der Waals surface area contributed by atoms with Gasteiger partial charge < -0.3 is 9.57 Å². The number of oxime groups is 1. The number of anilines is 1. The third-order valence-electron chi connectivity index (χ3n) is 5.44. The van der Waals surface area contributed by atoms with E-state index in [1.54, 1.807) is 36.9 Å². The van der Waals surface area contributed by atoms with Crippen LogP contribution in [0.4, 0.5) is 5.69 Å². The Bertz CT molecular complexity index is 1090. The first-order chi connectivity index (χ1) is 15.6. The average molecular weight is 457 g/mol. The van der Waals surface area contributed by atoms with E-state index in [1.165, 1.54) is 14.2 Å². The summed E-state index contributed by atoms with van der Waals surface area (Å²) >= 11 is 0. The molecule has 2 aromatic rings. The van der Waals surface area contributed by atoms with Crippen molar-refractivity contribution < 1.29 is 18.0 Å². The van der Waals surface area contributed by atoms with Gasteiger partial charge in [0.25, 0.3) is 0 Å². The van der Waals surface area contributed by atoms with Crippen LogP contribution < -0.4 is 9.04 Å². The first-order valence-electron chi connectivity index (χ1n) is 10.9. The van der Waals surface area contributed by atoms with Gasteiger partial charge in [-0.15, -0.1) is 0 Å². The van der Waals surface area contributed by atoms with Crippen molar-refractivity contribution in [2.45, 2.75) is 39.0 Å². The number of pyridine rings is 1. The lowest BCUT2D eigenvalue weighted by atomic mass is 10.1. The highest BCUT2D eigenvalue weighted by molar-refractivity contribution is 7.91. The second-order valence-electron chi connectivity index (χ2n) is 7.60. The van der Waals surface area contributed by atoms with Crippen molar-refractivity contribution >= 4 is 21.6 Å². The van der Waals surface area contributed by atoms with Crippen LogP contribution in [0.25, 0.3) is 0 Å². The Morgan fingerprint density at radius 2 is 1.91 bits per heavy atom. The van der Waals surface area contributed by atoms with Gasteiger partial charge in [-0.2, -0.15) is 8.42 Å². The molecule has 1 aliphatic carbocycles. The van der Waals surface area contributed by atoms with Gasteiger partial charge in [-0.05, 0) is 74.9 Å². The highest BCUT2D eigenvalue weighted by atomic mass is 32.2. The summed E-state index contributed by atoms with van der Waals surface area (Å²) in [5, 5.41) is 4.19. The number of rotatable bonds is 10. The van der Waals surface area contributed by atoms with E-state index in [4.69, 9.17) is 9.57 Å². The van der Waals surface area contributed by atoms with Crippen LogP contribution in [0, 0.1) is 0 Å². The molecule has 2 heterocycles. The number of aryl methyl sites for hydroxylation is 1. The summed E-state index contributed by atoms with van der Waals surface area (Å²) in [6.45, 7) is 3.55. The maximum atomic E-state index is 12.7. The molecule has 0 atom stereocenters. The van der Waals surface area contributed by atoms with E-state index in [0.717, 1.165) is 49.1 Å². The molecule has 8 nitrogen and oxygen atoms in total. The average Bonchev–Trinajstić information content (AvgIpc) is 3.34. The van der Waals surface area contributed by atoms with Gasteiger partial charge in [-0.25, -0.2) is 4.31 Å². The van der Waals surface area contributed by atoms with E-state index in [2.05, 4.69) is 22.3 Å². The van der Waals surface area contributed by atoms with Gasteiger partial charge >= 0.3 is 10.2 Å². The topological polar surface area (TPSA) is 84.3 Å². The van der Waals surface area contributed by atoms with Crippen molar-refractivity contribution in [2.75, 3.05) is 24.1 Å². The molecule has 1 aromatic carbocycles. The first kappa shape index (κ1) is 22.1. The van der Waals surface area contributed by atoms with Crippen molar-refractivity contribution in [3.8, 4) is 5.75 Å². The fraction of sp³-hybridized carbons (Fsp3) is 0.391. The minimum absolute atomic E-state index is 0.446. The first-order valence-corrected chi connectivity index (χ1v) is 12.3. The predicted octanol–water partition coefficient (Wildman–Crippen LogP) is 3.86. The molecule has 0 bridgehead atoms. The van der Waals surface area contributed by atoms with E-state index >= 15 is 0 Å². The lowest BCUT2D eigenvalue weighted by Gasteiger charge is -2.21. The summed E-state index contributed by atoms with van der Waals surface area (Å²) in [7, 11) is -3.56. The molecular weight excluding hydrogens is 428 g/mol. The number of aromatic nitrogens is 1.